The topological polar surface area (TPSA) is 55.6 Å². The maximum Gasteiger partial charge on any atom is 0.253 e. The summed E-state index contributed by atoms with van der Waals surface area (Å²) in [5.41, 5.74) is 6.49. The largest absolute Gasteiger partial charge is 0.378 e. The van der Waals surface area contributed by atoms with Crippen LogP contribution in [-0.4, -0.2) is 43.2 Å². The van der Waals surface area contributed by atoms with Crippen molar-refractivity contribution < 1.29 is 13.9 Å². The Labute approximate surface area is 125 Å². The number of carbonyl (C=O) groups excluding carboxylic acids is 1. The standard InChI is InChI=1S/C16H23FN2O2/c1-12-11-13(3-4-15(12)17)16(20)19-8-5-14(6-9-19)21-10-2-7-18/h3-4,11,14H,2,5-10,18H2,1H3. The summed E-state index contributed by atoms with van der Waals surface area (Å²) < 4.78 is 19.0. The van der Waals surface area contributed by atoms with Crippen LogP contribution in [0.25, 0.3) is 0 Å². The molecular formula is C16H23FN2O2. The second-order valence-corrected chi connectivity index (χ2v) is 5.47. The van der Waals surface area contributed by atoms with E-state index in [1.165, 1.54) is 6.07 Å². The van der Waals surface area contributed by atoms with Crippen LogP contribution in [0, 0.1) is 12.7 Å². The molecule has 4 nitrogen and oxygen atoms in total. The summed E-state index contributed by atoms with van der Waals surface area (Å²) >= 11 is 0. The number of likely N-dealkylation sites (tertiary alicyclic amines) is 1. The fourth-order valence-electron chi connectivity index (χ4n) is 2.52. The first-order valence-electron chi connectivity index (χ1n) is 7.49. The van der Waals surface area contributed by atoms with Gasteiger partial charge in [-0.15, -0.1) is 0 Å². The van der Waals surface area contributed by atoms with Crippen molar-refractivity contribution in [2.24, 2.45) is 5.73 Å². The molecule has 1 aliphatic heterocycles. The Hall–Kier alpha value is -1.46. The molecule has 1 fully saturated rings. The van der Waals surface area contributed by atoms with Crippen molar-refractivity contribution in [1.29, 1.82) is 0 Å². The molecule has 21 heavy (non-hydrogen) atoms. The molecule has 1 aromatic carbocycles. The Morgan fingerprint density at radius 1 is 1.43 bits per heavy atom. The number of hydrogen-bond donors (Lipinski definition) is 1. The van der Waals surface area contributed by atoms with E-state index in [4.69, 9.17) is 10.5 Å². The van der Waals surface area contributed by atoms with Crippen molar-refractivity contribution >= 4 is 5.91 Å². The van der Waals surface area contributed by atoms with E-state index in [9.17, 15) is 9.18 Å². The molecule has 2 rings (SSSR count). The van der Waals surface area contributed by atoms with Gasteiger partial charge in [0, 0.05) is 25.3 Å². The first-order valence-corrected chi connectivity index (χ1v) is 7.49. The summed E-state index contributed by atoms with van der Waals surface area (Å²) in [5.74, 6) is -0.308. The molecule has 0 atom stereocenters. The van der Waals surface area contributed by atoms with Gasteiger partial charge in [0.25, 0.3) is 5.91 Å². The summed E-state index contributed by atoms with van der Waals surface area (Å²) in [7, 11) is 0. The molecule has 0 saturated carbocycles. The van der Waals surface area contributed by atoms with E-state index in [1.54, 1.807) is 19.1 Å². The van der Waals surface area contributed by atoms with Gasteiger partial charge >= 0.3 is 0 Å². The third-order valence-corrected chi connectivity index (χ3v) is 3.84. The monoisotopic (exact) mass is 294 g/mol. The minimum atomic E-state index is -0.279. The van der Waals surface area contributed by atoms with Crippen LogP contribution >= 0.6 is 0 Å². The van der Waals surface area contributed by atoms with Gasteiger partial charge in [0.1, 0.15) is 5.82 Å². The Balaban J connectivity index is 1.86. The minimum Gasteiger partial charge on any atom is -0.378 e. The number of piperidine rings is 1. The lowest BCUT2D eigenvalue weighted by molar-refractivity contribution is 0.00844. The van der Waals surface area contributed by atoms with E-state index >= 15 is 0 Å². The SMILES string of the molecule is Cc1cc(C(=O)N2CCC(OCCCN)CC2)ccc1F. The molecule has 0 spiro atoms. The first kappa shape index (κ1) is 15.9. The number of amides is 1. The number of halogens is 1. The molecule has 116 valence electrons. The summed E-state index contributed by atoms with van der Waals surface area (Å²) in [4.78, 5) is 14.2. The first-order chi connectivity index (χ1) is 10.1. The van der Waals surface area contributed by atoms with Gasteiger partial charge in [0.05, 0.1) is 6.10 Å². The zero-order valence-corrected chi connectivity index (χ0v) is 12.5. The average Bonchev–Trinajstić information content (AvgIpc) is 2.50. The van der Waals surface area contributed by atoms with Crippen LogP contribution in [0.4, 0.5) is 4.39 Å². The van der Waals surface area contributed by atoms with Crippen LogP contribution < -0.4 is 5.73 Å². The maximum atomic E-state index is 13.3. The van der Waals surface area contributed by atoms with E-state index in [0.717, 1.165) is 19.3 Å². The molecule has 0 aromatic heterocycles. The highest BCUT2D eigenvalue weighted by Gasteiger charge is 2.24. The Morgan fingerprint density at radius 3 is 2.76 bits per heavy atom. The quantitative estimate of drug-likeness (QED) is 0.846. The van der Waals surface area contributed by atoms with Gasteiger partial charge < -0.3 is 15.4 Å². The number of benzene rings is 1. The van der Waals surface area contributed by atoms with Crippen LogP contribution in [0.3, 0.4) is 0 Å². The Morgan fingerprint density at radius 2 is 2.14 bits per heavy atom. The van der Waals surface area contributed by atoms with Gasteiger partial charge in [-0.2, -0.15) is 0 Å². The van der Waals surface area contributed by atoms with Gasteiger partial charge in [0.15, 0.2) is 0 Å². The fraction of sp³-hybridized carbons (Fsp3) is 0.562. The van der Waals surface area contributed by atoms with Crippen molar-refractivity contribution in [3.8, 4) is 0 Å². The average molecular weight is 294 g/mol. The maximum absolute atomic E-state index is 13.3. The molecule has 1 heterocycles. The minimum absolute atomic E-state index is 0.0292. The van der Waals surface area contributed by atoms with Crippen LogP contribution in [0.15, 0.2) is 18.2 Å². The van der Waals surface area contributed by atoms with E-state index in [-0.39, 0.29) is 17.8 Å². The zero-order valence-electron chi connectivity index (χ0n) is 12.5. The van der Waals surface area contributed by atoms with Crippen molar-refractivity contribution in [1.82, 2.24) is 4.90 Å². The Bertz CT molecular complexity index is 485. The summed E-state index contributed by atoms with van der Waals surface area (Å²) in [5, 5.41) is 0. The summed E-state index contributed by atoms with van der Waals surface area (Å²) in [6.07, 6.45) is 2.77. The molecular weight excluding hydrogens is 271 g/mol. The van der Waals surface area contributed by atoms with Crippen LogP contribution in [-0.2, 0) is 4.74 Å². The molecule has 1 amide bonds. The van der Waals surface area contributed by atoms with Crippen molar-refractivity contribution in [3.63, 3.8) is 0 Å². The van der Waals surface area contributed by atoms with E-state index in [0.29, 0.717) is 37.4 Å². The number of aryl methyl sites for hydroxylation is 1. The molecule has 2 N–H and O–H groups in total. The van der Waals surface area contributed by atoms with Crippen molar-refractivity contribution in [2.45, 2.75) is 32.3 Å². The third kappa shape index (κ3) is 4.25. The van der Waals surface area contributed by atoms with Crippen LogP contribution in [0.2, 0.25) is 0 Å². The van der Waals surface area contributed by atoms with E-state index in [1.807, 2.05) is 4.90 Å². The van der Waals surface area contributed by atoms with Gasteiger partial charge in [-0.05, 0) is 56.5 Å². The molecule has 0 radical (unpaired) electrons. The molecule has 1 aromatic rings. The van der Waals surface area contributed by atoms with Gasteiger partial charge in [0.2, 0.25) is 0 Å². The Kier molecular flexibility index (Phi) is 5.70. The predicted molar refractivity (Wildman–Crippen MR) is 79.7 cm³/mol. The molecule has 0 aliphatic carbocycles. The summed E-state index contributed by atoms with van der Waals surface area (Å²) in [6, 6.07) is 4.52. The lowest BCUT2D eigenvalue weighted by atomic mass is 10.1. The molecule has 0 bridgehead atoms. The highest BCUT2D eigenvalue weighted by molar-refractivity contribution is 5.94. The molecule has 1 aliphatic rings. The van der Waals surface area contributed by atoms with Crippen LogP contribution in [0.1, 0.15) is 35.2 Å². The molecule has 0 unspecified atom stereocenters. The van der Waals surface area contributed by atoms with Crippen molar-refractivity contribution in [3.05, 3.63) is 35.1 Å². The summed E-state index contributed by atoms with van der Waals surface area (Å²) in [6.45, 7) is 4.36. The molecule has 5 heteroatoms. The third-order valence-electron chi connectivity index (χ3n) is 3.84. The van der Waals surface area contributed by atoms with Crippen molar-refractivity contribution in [2.75, 3.05) is 26.2 Å². The van der Waals surface area contributed by atoms with E-state index in [2.05, 4.69) is 0 Å². The van der Waals surface area contributed by atoms with E-state index < -0.39 is 0 Å². The normalized spacial score (nSPS) is 16.2. The van der Waals surface area contributed by atoms with Crippen LogP contribution in [0.5, 0.6) is 0 Å². The highest BCUT2D eigenvalue weighted by atomic mass is 19.1. The fourth-order valence-corrected chi connectivity index (χ4v) is 2.52. The lowest BCUT2D eigenvalue weighted by Gasteiger charge is -2.32. The number of nitrogens with zero attached hydrogens (tertiary/aromatic N) is 1. The second-order valence-electron chi connectivity index (χ2n) is 5.47. The van der Waals surface area contributed by atoms with Gasteiger partial charge in [-0.3, -0.25) is 4.79 Å². The zero-order chi connectivity index (χ0) is 15.2. The number of nitrogens with two attached hydrogens (primary N) is 1. The number of carbonyl (C=O) groups is 1. The molecule has 1 saturated heterocycles. The highest BCUT2D eigenvalue weighted by Crippen LogP contribution is 2.18. The number of ether oxygens (including phenoxy) is 1. The smallest absolute Gasteiger partial charge is 0.253 e. The number of rotatable bonds is 5. The lowest BCUT2D eigenvalue weighted by Crippen LogP contribution is -2.41. The predicted octanol–water partition coefficient (Wildman–Crippen LogP) is 2.10. The van der Waals surface area contributed by atoms with Gasteiger partial charge in [-0.1, -0.05) is 0 Å². The van der Waals surface area contributed by atoms with Gasteiger partial charge in [-0.25, -0.2) is 4.39 Å². The second kappa shape index (κ2) is 7.52. The number of hydrogen-bond acceptors (Lipinski definition) is 3.